The largest absolute Gasteiger partial charge is 0.392 e. The van der Waals surface area contributed by atoms with Crippen LogP contribution in [0.15, 0.2) is 0 Å². The van der Waals surface area contributed by atoms with Gasteiger partial charge < -0.3 is 5.11 Å². The van der Waals surface area contributed by atoms with Crippen molar-refractivity contribution in [3.05, 3.63) is 0 Å². The van der Waals surface area contributed by atoms with Gasteiger partial charge in [0.1, 0.15) is 0 Å². The van der Waals surface area contributed by atoms with Crippen LogP contribution >= 0.6 is 0 Å². The van der Waals surface area contributed by atoms with Crippen molar-refractivity contribution in [3.63, 3.8) is 0 Å². The minimum Gasteiger partial charge on any atom is -0.392 e. The third-order valence-corrected chi connectivity index (χ3v) is 1.19. The van der Waals surface area contributed by atoms with Gasteiger partial charge in [-0.2, -0.15) is 5.26 Å². The van der Waals surface area contributed by atoms with Crippen LogP contribution in [0.5, 0.6) is 0 Å². The molecule has 0 rings (SSSR count). The van der Waals surface area contributed by atoms with Crippen LogP contribution in [0, 0.1) is 17.2 Å². The van der Waals surface area contributed by atoms with Crippen LogP contribution in [0.1, 0.15) is 20.3 Å². The predicted octanol–water partition coefficient (Wildman–Crippen LogP) is 0.917. The molecule has 2 atom stereocenters. The summed E-state index contributed by atoms with van der Waals surface area (Å²) in [6.07, 6.45) is 0.249. The van der Waals surface area contributed by atoms with E-state index in [1.165, 1.54) is 0 Å². The van der Waals surface area contributed by atoms with E-state index in [1.54, 1.807) is 6.92 Å². The number of hydrogen-bond acceptors (Lipinski definition) is 2. The molecule has 0 heterocycles. The van der Waals surface area contributed by atoms with Crippen molar-refractivity contribution in [1.82, 2.24) is 0 Å². The van der Waals surface area contributed by atoms with Crippen molar-refractivity contribution < 1.29 is 5.11 Å². The fourth-order valence-corrected chi connectivity index (χ4v) is 0.540. The normalized spacial score (nSPS) is 16.8. The Balaban J connectivity index is 3.57. The van der Waals surface area contributed by atoms with Crippen molar-refractivity contribution in [1.29, 1.82) is 5.26 Å². The van der Waals surface area contributed by atoms with E-state index in [0.717, 1.165) is 6.42 Å². The minimum absolute atomic E-state index is 0.185. The van der Waals surface area contributed by atoms with Crippen LogP contribution in [0.3, 0.4) is 0 Å². The Morgan fingerprint density at radius 3 is 2.25 bits per heavy atom. The Hall–Kier alpha value is -0.550. The maximum Gasteiger partial charge on any atom is 0.0717 e. The van der Waals surface area contributed by atoms with Crippen LogP contribution in [0.2, 0.25) is 0 Å². The van der Waals surface area contributed by atoms with Crippen molar-refractivity contribution in [2.75, 3.05) is 0 Å². The summed E-state index contributed by atoms with van der Waals surface area (Å²) < 4.78 is 0. The zero-order valence-electron chi connectivity index (χ0n) is 5.26. The predicted molar refractivity (Wildman–Crippen MR) is 31.1 cm³/mol. The van der Waals surface area contributed by atoms with E-state index < -0.39 is 6.10 Å². The molecule has 0 radical (unpaired) electrons. The van der Waals surface area contributed by atoms with Gasteiger partial charge in [-0.3, -0.25) is 0 Å². The smallest absolute Gasteiger partial charge is 0.0717 e. The molecule has 8 heavy (non-hydrogen) atoms. The first-order valence-corrected chi connectivity index (χ1v) is 2.80. The summed E-state index contributed by atoms with van der Waals surface area (Å²) in [5.41, 5.74) is 0. The van der Waals surface area contributed by atoms with E-state index in [4.69, 9.17) is 10.4 Å². The first-order chi connectivity index (χ1) is 3.72. The molecule has 2 nitrogen and oxygen atoms in total. The number of nitriles is 1. The highest BCUT2D eigenvalue weighted by atomic mass is 16.3. The van der Waals surface area contributed by atoms with E-state index in [1.807, 2.05) is 13.0 Å². The number of aliphatic hydroxyl groups excluding tert-OH is 1. The second kappa shape index (κ2) is 3.45. The summed E-state index contributed by atoms with van der Waals surface area (Å²) in [5.74, 6) is -0.185. The monoisotopic (exact) mass is 113 g/mol. The van der Waals surface area contributed by atoms with Gasteiger partial charge in [0.25, 0.3) is 0 Å². The summed E-state index contributed by atoms with van der Waals surface area (Å²) in [5, 5.41) is 17.1. The van der Waals surface area contributed by atoms with Gasteiger partial charge in [-0.25, -0.2) is 0 Å². The SMILES string of the molecule is CCC(C#N)[C@H](C)O. The summed E-state index contributed by atoms with van der Waals surface area (Å²) in [6, 6.07) is 2.00. The van der Waals surface area contributed by atoms with E-state index in [9.17, 15) is 0 Å². The summed E-state index contributed by atoms with van der Waals surface area (Å²) in [4.78, 5) is 0. The molecule has 0 aromatic rings. The molecule has 0 spiro atoms. The van der Waals surface area contributed by atoms with Crippen LogP contribution < -0.4 is 0 Å². The molecule has 0 aliphatic heterocycles. The van der Waals surface area contributed by atoms with E-state index >= 15 is 0 Å². The molecule has 0 aliphatic carbocycles. The topological polar surface area (TPSA) is 44.0 Å². The standard InChI is InChI=1S/C6H11NO/c1-3-6(4-7)5(2)8/h5-6,8H,3H2,1-2H3/t5-,6?/m0/s1. The summed E-state index contributed by atoms with van der Waals surface area (Å²) in [7, 11) is 0. The van der Waals surface area contributed by atoms with E-state index in [2.05, 4.69) is 0 Å². The molecule has 0 fully saturated rings. The lowest BCUT2D eigenvalue weighted by Gasteiger charge is -2.06. The van der Waals surface area contributed by atoms with Crippen LogP contribution in [0.25, 0.3) is 0 Å². The van der Waals surface area contributed by atoms with Gasteiger partial charge in [0.15, 0.2) is 0 Å². The van der Waals surface area contributed by atoms with Crippen molar-refractivity contribution in [3.8, 4) is 6.07 Å². The van der Waals surface area contributed by atoms with Gasteiger partial charge in [-0.15, -0.1) is 0 Å². The van der Waals surface area contributed by atoms with Gasteiger partial charge in [0.2, 0.25) is 0 Å². The van der Waals surface area contributed by atoms with E-state index in [-0.39, 0.29) is 5.92 Å². The van der Waals surface area contributed by atoms with Crippen LogP contribution in [-0.2, 0) is 0 Å². The number of hydrogen-bond donors (Lipinski definition) is 1. The van der Waals surface area contributed by atoms with Crippen LogP contribution in [0.4, 0.5) is 0 Å². The molecule has 0 bridgehead atoms. The molecular weight excluding hydrogens is 102 g/mol. The Morgan fingerprint density at radius 2 is 2.25 bits per heavy atom. The lowest BCUT2D eigenvalue weighted by atomic mass is 10.0. The van der Waals surface area contributed by atoms with Crippen molar-refractivity contribution in [2.45, 2.75) is 26.4 Å². The highest BCUT2D eigenvalue weighted by molar-refractivity contribution is 4.84. The second-order valence-corrected chi connectivity index (χ2v) is 1.88. The Morgan fingerprint density at radius 1 is 1.75 bits per heavy atom. The average Bonchev–Trinajstić information content (AvgIpc) is 1.69. The minimum atomic E-state index is -0.481. The van der Waals surface area contributed by atoms with E-state index in [0.29, 0.717) is 0 Å². The highest BCUT2D eigenvalue weighted by Gasteiger charge is 2.09. The molecule has 1 N–H and O–H groups in total. The third-order valence-electron chi connectivity index (χ3n) is 1.19. The Kier molecular flexibility index (Phi) is 3.21. The first-order valence-electron chi connectivity index (χ1n) is 2.80. The molecule has 1 unspecified atom stereocenters. The van der Waals surface area contributed by atoms with Gasteiger partial charge in [0, 0.05) is 0 Å². The molecule has 0 saturated carbocycles. The fraction of sp³-hybridized carbons (Fsp3) is 0.833. The molecular formula is C6H11NO. The summed E-state index contributed by atoms with van der Waals surface area (Å²) >= 11 is 0. The molecule has 0 saturated heterocycles. The maximum atomic E-state index is 8.79. The summed E-state index contributed by atoms with van der Waals surface area (Å²) in [6.45, 7) is 3.53. The van der Waals surface area contributed by atoms with Crippen molar-refractivity contribution in [2.24, 2.45) is 5.92 Å². The fourth-order valence-electron chi connectivity index (χ4n) is 0.540. The lowest BCUT2D eigenvalue weighted by Crippen LogP contribution is -2.12. The average molecular weight is 113 g/mol. The molecule has 46 valence electrons. The highest BCUT2D eigenvalue weighted by Crippen LogP contribution is 2.04. The van der Waals surface area contributed by atoms with Gasteiger partial charge >= 0.3 is 0 Å². The Bertz CT molecular complexity index is 93.2. The third kappa shape index (κ3) is 1.94. The van der Waals surface area contributed by atoms with Gasteiger partial charge in [-0.05, 0) is 13.3 Å². The molecule has 0 aromatic carbocycles. The zero-order chi connectivity index (χ0) is 6.57. The lowest BCUT2D eigenvalue weighted by molar-refractivity contribution is 0.150. The maximum absolute atomic E-state index is 8.79. The van der Waals surface area contributed by atoms with Crippen LogP contribution in [-0.4, -0.2) is 11.2 Å². The Labute approximate surface area is 49.8 Å². The molecule has 0 aliphatic rings. The van der Waals surface area contributed by atoms with Crippen molar-refractivity contribution >= 4 is 0 Å². The zero-order valence-corrected chi connectivity index (χ0v) is 5.26. The molecule has 0 aromatic heterocycles. The van der Waals surface area contributed by atoms with Gasteiger partial charge in [0.05, 0.1) is 18.1 Å². The number of rotatable bonds is 2. The molecule has 2 heteroatoms. The second-order valence-electron chi connectivity index (χ2n) is 1.88. The molecule has 0 amide bonds. The van der Waals surface area contributed by atoms with Gasteiger partial charge in [-0.1, -0.05) is 6.92 Å². The first kappa shape index (κ1) is 7.45. The number of aliphatic hydroxyl groups is 1. The number of nitrogens with zero attached hydrogens (tertiary/aromatic N) is 1. The quantitative estimate of drug-likeness (QED) is 0.578.